The van der Waals surface area contributed by atoms with Gasteiger partial charge in [-0.15, -0.1) is 0 Å². The highest BCUT2D eigenvalue weighted by atomic mass is 16.3. The maximum atomic E-state index is 12.8. The molecule has 18 nitrogen and oxygen atoms in total. The van der Waals surface area contributed by atoms with E-state index in [0.717, 1.165) is 56.0 Å². The summed E-state index contributed by atoms with van der Waals surface area (Å²) in [7, 11) is 0. The molecule has 8 N–H and O–H groups in total. The summed E-state index contributed by atoms with van der Waals surface area (Å²) in [6, 6.07) is 22.2. The van der Waals surface area contributed by atoms with Gasteiger partial charge in [0.2, 0.25) is 0 Å². The number of anilines is 2. The van der Waals surface area contributed by atoms with Gasteiger partial charge in [0.05, 0.1) is 71.4 Å². The summed E-state index contributed by atoms with van der Waals surface area (Å²) in [6.45, 7) is 3.74. The maximum absolute atomic E-state index is 12.8. The van der Waals surface area contributed by atoms with E-state index < -0.39 is 0 Å². The summed E-state index contributed by atoms with van der Waals surface area (Å²) in [5, 5.41) is 26.5. The number of hydrogen-bond donors (Lipinski definition) is 8. The van der Waals surface area contributed by atoms with Gasteiger partial charge in [-0.25, -0.2) is 19.9 Å². The largest absolute Gasteiger partial charge is 0.394 e. The second-order valence-electron chi connectivity index (χ2n) is 15.7. The van der Waals surface area contributed by atoms with Gasteiger partial charge in [-0.2, -0.15) is 0 Å². The Morgan fingerprint density at radius 1 is 0.606 bits per heavy atom. The molecule has 0 spiro atoms. The quantitative estimate of drug-likeness (QED) is 0.0661. The number of nitrogens with zero attached hydrogens (tertiary/aromatic N) is 8. The molecule has 332 valence electrons. The number of aromatic amines is 4. The van der Waals surface area contributed by atoms with Gasteiger partial charge in [0.1, 0.15) is 22.8 Å². The van der Waals surface area contributed by atoms with Crippen molar-refractivity contribution in [2.24, 2.45) is 0 Å². The summed E-state index contributed by atoms with van der Waals surface area (Å²) >= 11 is 0. The number of nitrogens with one attached hydrogen (secondary N) is 6. The van der Waals surface area contributed by atoms with Gasteiger partial charge >= 0.3 is 0 Å². The van der Waals surface area contributed by atoms with Crippen LogP contribution >= 0.6 is 0 Å². The zero-order valence-corrected chi connectivity index (χ0v) is 36.0. The van der Waals surface area contributed by atoms with Crippen LogP contribution < -0.4 is 21.8 Å². The van der Waals surface area contributed by atoms with E-state index >= 15 is 0 Å². The minimum absolute atomic E-state index is 0.115. The molecule has 0 saturated heterocycles. The van der Waals surface area contributed by atoms with Crippen LogP contribution in [-0.4, -0.2) is 94.5 Å². The monoisotopic (exact) mass is 882 g/mol. The minimum atomic E-state index is -0.320. The number of fused-ring (bicyclic) bond motifs is 2. The predicted molar refractivity (Wildman–Crippen MR) is 253 cm³/mol. The highest BCUT2D eigenvalue weighted by Gasteiger charge is 2.21. The molecule has 8 heterocycles. The smallest absolute Gasteiger partial charge is 0.261 e. The number of imidazole rings is 4. The van der Waals surface area contributed by atoms with Gasteiger partial charge in [0.15, 0.2) is 0 Å². The van der Waals surface area contributed by atoms with Crippen molar-refractivity contribution in [3.05, 3.63) is 178 Å². The van der Waals surface area contributed by atoms with Crippen molar-refractivity contribution in [1.82, 2.24) is 59.0 Å². The number of aliphatic hydroxyl groups is 2. The van der Waals surface area contributed by atoms with Crippen molar-refractivity contribution < 1.29 is 10.2 Å². The molecule has 0 aliphatic heterocycles. The standard InChI is InChI=1S/2C24H23N7O2/c2*1-15-10-18(31-9-8-25-14-31)12-20-22(15)30-23(29-20)21-19(5-7-27-24(21)33)28-17(13-32)11-16-4-2-3-6-26-16/h2*2-10,12,14,17,32H,11,13H2,1H3,(H,29,30)(H2,27,28,33)/t2*17-/m10/s1. The molecule has 8 aromatic heterocycles. The number of H-pyrrole nitrogens is 4. The first-order valence-electron chi connectivity index (χ1n) is 21.2. The highest BCUT2D eigenvalue weighted by Crippen LogP contribution is 2.30. The molecule has 0 amide bonds. The molecule has 0 fully saturated rings. The van der Waals surface area contributed by atoms with Gasteiger partial charge in [0.25, 0.3) is 11.1 Å². The van der Waals surface area contributed by atoms with E-state index in [1.807, 2.05) is 96.0 Å². The Bertz CT molecular complexity index is 3100. The lowest BCUT2D eigenvalue weighted by Crippen LogP contribution is -2.28. The second kappa shape index (κ2) is 19.1. The molecule has 0 radical (unpaired) electrons. The molecule has 0 saturated carbocycles. The number of aliphatic hydroxyl groups excluding tert-OH is 2. The molecule has 0 aliphatic rings. The summed E-state index contributed by atoms with van der Waals surface area (Å²) in [5.74, 6) is 0.907. The lowest BCUT2D eigenvalue weighted by atomic mass is 10.1. The molecule has 10 aromatic rings. The van der Waals surface area contributed by atoms with Crippen molar-refractivity contribution in [2.75, 3.05) is 23.8 Å². The Morgan fingerprint density at radius 3 is 1.44 bits per heavy atom. The van der Waals surface area contributed by atoms with Crippen molar-refractivity contribution >= 4 is 33.4 Å². The Balaban J connectivity index is 0.000000166. The third kappa shape index (κ3) is 9.26. The SMILES string of the molecule is Cc1cc(-n2ccnc2)cc2[nH]c(-c3c(N[C@@H](CO)Cc4ccccn4)cc[nH]c3=O)nc12.Cc1cc(-n2ccnc2)cc2[nH]c(-c3c(N[C@H](CO)Cc4ccccn4)cc[nH]c3=O)nc12. The average Bonchev–Trinajstić information content (AvgIpc) is 4.18. The van der Waals surface area contributed by atoms with Crippen LogP contribution in [0.3, 0.4) is 0 Å². The van der Waals surface area contributed by atoms with Gasteiger partial charge in [-0.1, -0.05) is 12.1 Å². The van der Waals surface area contributed by atoms with Crippen molar-refractivity contribution in [1.29, 1.82) is 0 Å². The Hall–Kier alpha value is -8.48. The van der Waals surface area contributed by atoms with Crippen LogP contribution in [0.25, 0.3) is 56.2 Å². The van der Waals surface area contributed by atoms with E-state index in [1.165, 1.54) is 0 Å². The van der Waals surface area contributed by atoms with Crippen LogP contribution in [0.5, 0.6) is 0 Å². The van der Waals surface area contributed by atoms with E-state index in [4.69, 9.17) is 9.97 Å². The highest BCUT2D eigenvalue weighted by molar-refractivity contribution is 5.87. The van der Waals surface area contributed by atoms with Gasteiger partial charge in [-0.05, 0) is 85.6 Å². The van der Waals surface area contributed by atoms with E-state index in [-0.39, 0.29) is 36.4 Å². The first-order valence-corrected chi connectivity index (χ1v) is 21.2. The molecular weight excluding hydrogens is 837 g/mol. The first kappa shape index (κ1) is 42.8. The van der Waals surface area contributed by atoms with Crippen LogP contribution in [0.4, 0.5) is 11.4 Å². The predicted octanol–water partition coefficient (Wildman–Crippen LogP) is 5.65. The fourth-order valence-electron chi connectivity index (χ4n) is 7.87. The van der Waals surface area contributed by atoms with Crippen LogP contribution in [0, 0.1) is 13.8 Å². The summed E-state index contributed by atoms with van der Waals surface area (Å²) in [5.41, 5.74) is 10.1. The van der Waals surface area contributed by atoms with Crippen LogP contribution in [0.1, 0.15) is 22.5 Å². The first-order chi connectivity index (χ1) is 32.2. The van der Waals surface area contributed by atoms with Crippen molar-refractivity contribution in [3.8, 4) is 34.2 Å². The van der Waals surface area contributed by atoms with E-state index in [1.54, 1.807) is 62.0 Å². The molecule has 18 heteroatoms. The topological polar surface area (TPSA) is 249 Å². The van der Waals surface area contributed by atoms with Crippen LogP contribution in [0.2, 0.25) is 0 Å². The van der Waals surface area contributed by atoms with Crippen LogP contribution in [-0.2, 0) is 12.8 Å². The summed E-state index contributed by atoms with van der Waals surface area (Å²) in [4.78, 5) is 64.1. The number of rotatable bonds is 14. The number of hydrogen-bond acceptors (Lipinski definition) is 12. The van der Waals surface area contributed by atoms with E-state index in [2.05, 4.69) is 50.5 Å². The van der Waals surface area contributed by atoms with E-state index in [9.17, 15) is 19.8 Å². The zero-order chi connectivity index (χ0) is 45.6. The normalized spacial score (nSPS) is 12.2. The molecule has 2 aromatic carbocycles. The van der Waals surface area contributed by atoms with Gasteiger partial charge in [0, 0.05) is 85.2 Å². The molecule has 0 bridgehead atoms. The molecule has 66 heavy (non-hydrogen) atoms. The molecule has 0 unspecified atom stereocenters. The fourth-order valence-corrected chi connectivity index (χ4v) is 7.87. The maximum Gasteiger partial charge on any atom is 0.261 e. The molecule has 2 atom stereocenters. The van der Waals surface area contributed by atoms with Gasteiger partial charge < -0.3 is 49.9 Å². The number of aryl methyl sites for hydroxylation is 2. The Labute approximate surface area is 376 Å². The fraction of sp³-hybridized carbons (Fsp3) is 0.167. The van der Waals surface area contributed by atoms with Crippen molar-refractivity contribution in [2.45, 2.75) is 38.8 Å². The van der Waals surface area contributed by atoms with Crippen LogP contribution in [0.15, 0.2) is 145 Å². The number of benzene rings is 2. The Morgan fingerprint density at radius 2 is 1.06 bits per heavy atom. The third-order valence-corrected chi connectivity index (χ3v) is 11.0. The summed E-state index contributed by atoms with van der Waals surface area (Å²) in [6.07, 6.45) is 18.3. The lowest BCUT2D eigenvalue weighted by molar-refractivity contribution is 0.273. The zero-order valence-electron chi connectivity index (χ0n) is 36.0. The minimum Gasteiger partial charge on any atom is -0.394 e. The third-order valence-electron chi connectivity index (χ3n) is 11.0. The Kier molecular flexibility index (Phi) is 12.4. The average molecular weight is 883 g/mol. The lowest BCUT2D eigenvalue weighted by Gasteiger charge is -2.18. The number of aromatic nitrogens is 12. The molecule has 0 aliphatic carbocycles. The van der Waals surface area contributed by atoms with E-state index in [0.29, 0.717) is 47.0 Å². The number of pyridine rings is 4. The van der Waals surface area contributed by atoms with Crippen molar-refractivity contribution in [3.63, 3.8) is 0 Å². The molecular formula is C48H46N14O4. The van der Waals surface area contributed by atoms with Gasteiger partial charge in [-0.3, -0.25) is 19.6 Å². The second-order valence-corrected chi connectivity index (χ2v) is 15.7. The molecule has 10 rings (SSSR count). The summed E-state index contributed by atoms with van der Waals surface area (Å²) < 4.78 is 3.83.